The van der Waals surface area contributed by atoms with Gasteiger partial charge < -0.3 is 4.90 Å². The van der Waals surface area contributed by atoms with Crippen LogP contribution in [-0.2, 0) is 20.6 Å². The van der Waals surface area contributed by atoms with Crippen molar-refractivity contribution in [3.8, 4) is 0 Å². The predicted octanol–water partition coefficient (Wildman–Crippen LogP) is 2.28. The van der Waals surface area contributed by atoms with Crippen molar-refractivity contribution in [2.45, 2.75) is 5.75 Å². The molecule has 1 amide bonds. The van der Waals surface area contributed by atoms with Crippen LogP contribution in [0.2, 0.25) is 0 Å². The van der Waals surface area contributed by atoms with Crippen LogP contribution < -0.4 is 0 Å². The third-order valence-corrected chi connectivity index (χ3v) is 6.52. The smallest absolute Gasteiger partial charge is 0.276 e. The van der Waals surface area contributed by atoms with Gasteiger partial charge in [0, 0.05) is 38.3 Å². The van der Waals surface area contributed by atoms with Gasteiger partial charge in [0.1, 0.15) is 0 Å². The zero-order valence-corrected chi connectivity index (χ0v) is 16.5. The van der Waals surface area contributed by atoms with Crippen molar-refractivity contribution in [3.63, 3.8) is 0 Å². The predicted molar refractivity (Wildman–Crippen MR) is 109 cm³/mol. The quantitative estimate of drug-likeness (QED) is 0.409. The fraction of sp³-hybridized carbons (Fsp3) is 0.250. The van der Waals surface area contributed by atoms with E-state index in [9.17, 15) is 23.3 Å². The number of carbonyl (C=O) groups is 1. The lowest BCUT2D eigenvalue weighted by molar-refractivity contribution is -0.385. The number of amides is 1. The third kappa shape index (κ3) is 5.27. The molecule has 1 aliphatic heterocycles. The van der Waals surface area contributed by atoms with Gasteiger partial charge in [-0.15, -0.1) is 0 Å². The van der Waals surface area contributed by atoms with Crippen LogP contribution in [0.3, 0.4) is 0 Å². The number of hydrogen-bond acceptors (Lipinski definition) is 5. The topological polar surface area (TPSA) is 101 Å². The van der Waals surface area contributed by atoms with Crippen LogP contribution in [0.15, 0.2) is 60.7 Å². The van der Waals surface area contributed by atoms with Gasteiger partial charge in [-0.3, -0.25) is 14.9 Å². The van der Waals surface area contributed by atoms with Gasteiger partial charge in [-0.05, 0) is 17.7 Å². The van der Waals surface area contributed by atoms with E-state index in [1.54, 1.807) is 47.4 Å². The van der Waals surface area contributed by atoms with Crippen molar-refractivity contribution in [1.29, 1.82) is 0 Å². The van der Waals surface area contributed by atoms with E-state index in [1.807, 2.05) is 6.07 Å². The van der Waals surface area contributed by atoms with Crippen molar-refractivity contribution >= 4 is 27.7 Å². The van der Waals surface area contributed by atoms with Crippen LogP contribution in [0.4, 0.5) is 5.69 Å². The Morgan fingerprint density at radius 1 is 1.00 bits per heavy atom. The van der Waals surface area contributed by atoms with Crippen molar-refractivity contribution < 1.29 is 18.1 Å². The molecule has 0 N–H and O–H groups in total. The molecule has 2 aromatic carbocycles. The van der Waals surface area contributed by atoms with Gasteiger partial charge in [-0.1, -0.05) is 42.5 Å². The monoisotopic (exact) mass is 415 g/mol. The molecule has 0 saturated carbocycles. The minimum absolute atomic E-state index is 0.0701. The lowest BCUT2D eigenvalue weighted by atomic mass is 10.1. The summed E-state index contributed by atoms with van der Waals surface area (Å²) in [6.45, 7) is 0.989. The van der Waals surface area contributed by atoms with E-state index in [2.05, 4.69) is 0 Å². The van der Waals surface area contributed by atoms with Crippen LogP contribution in [0.25, 0.3) is 6.08 Å². The second kappa shape index (κ2) is 8.97. The van der Waals surface area contributed by atoms with Gasteiger partial charge in [0.25, 0.3) is 5.69 Å². The van der Waals surface area contributed by atoms with Gasteiger partial charge in [0.05, 0.1) is 16.2 Å². The zero-order valence-electron chi connectivity index (χ0n) is 15.7. The summed E-state index contributed by atoms with van der Waals surface area (Å²) in [5.74, 6) is -0.373. The lowest BCUT2D eigenvalue weighted by Crippen LogP contribution is -2.50. The highest BCUT2D eigenvalue weighted by Gasteiger charge is 2.28. The molecule has 8 nitrogen and oxygen atoms in total. The molecule has 3 rings (SSSR count). The Kier molecular flexibility index (Phi) is 6.40. The zero-order chi connectivity index (χ0) is 20.9. The van der Waals surface area contributed by atoms with Crippen molar-refractivity contribution in [2.24, 2.45) is 0 Å². The Bertz CT molecular complexity index is 1010. The molecular formula is C20H21N3O5S. The second-order valence-electron chi connectivity index (χ2n) is 6.62. The molecule has 9 heteroatoms. The van der Waals surface area contributed by atoms with Gasteiger partial charge in [-0.2, -0.15) is 4.31 Å². The molecule has 0 radical (unpaired) electrons. The maximum atomic E-state index is 12.6. The third-order valence-electron chi connectivity index (χ3n) is 4.67. The van der Waals surface area contributed by atoms with Gasteiger partial charge in [0.2, 0.25) is 15.9 Å². The first-order valence-electron chi connectivity index (χ1n) is 9.09. The van der Waals surface area contributed by atoms with Crippen molar-refractivity contribution in [2.75, 3.05) is 26.2 Å². The summed E-state index contributed by atoms with van der Waals surface area (Å²) >= 11 is 0. The Morgan fingerprint density at radius 3 is 2.28 bits per heavy atom. The van der Waals surface area contributed by atoms with E-state index in [-0.39, 0.29) is 43.5 Å². The van der Waals surface area contributed by atoms with Crippen LogP contribution in [-0.4, -0.2) is 54.6 Å². The number of para-hydroxylation sites is 1. The van der Waals surface area contributed by atoms with Crippen LogP contribution >= 0.6 is 0 Å². The molecule has 2 aromatic rings. The van der Waals surface area contributed by atoms with E-state index in [0.29, 0.717) is 5.56 Å². The molecule has 0 unspecified atom stereocenters. The first-order chi connectivity index (χ1) is 13.9. The molecule has 0 spiro atoms. The second-order valence-corrected chi connectivity index (χ2v) is 8.58. The van der Waals surface area contributed by atoms with E-state index >= 15 is 0 Å². The first kappa shape index (κ1) is 20.7. The lowest BCUT2D eigenvalue weighted by Gasteiger charge is -2.33. The van der Waals surface area contributed by atoms with Crippen molar-refractivity contribution in [1.82, 2.24) is 9.21 Å². The Labute approximate surface area is 169 Å². The molecule has 0 bridgehead atoms. The summed E-state index contributed by atoms with van der Waals surface area (Å²) < 4.78 is 26.6. The number of carbonyl (C=O) groups excluding carboxylic acids is 1. The molecule has 1 aliphatic rings. The molecule has 1 fully saturated rings. The number of piperazine rings is 1. The van der Waals surface area contributed by atoms with Crippen LogP contribution in [0, 0.1) is 10.1 Å². The van der Waals surface area contributed by atoms with Gasteiger partial charge >= 0.3 is 0 Å². The number of benzene rings is 2. The largest absolute Gasteiger partial charge is 0.337 e. The number of nitro groups is 1. The molecule has 29 heavy (non-hydrogen) atoms. The standard InChI is InChI=1S/C20H21N3O5S/c24-20(11-10-18-8-4-5-9-19(18)23(25)26)21-12-14-22(15-13-21)29(27,28)16-17-6-2-1-3-7-17/h1-11H,12-16H2. The molecule has 152 valence electrons. The maximum absolute atomic E-state index is 12.6. The van der Waals surface area contributed by atoms with E-state index < -0.39 is 14.9 Å². The highest BCUT2D eigenvalue weighted by Crippen LogP contribution is 2.19. The summed E-state index contributed by atoms with van der Waals surface area (Å²) in [6, 6.07) is 15.1. The summed E-state index contributed by atoms with van der Waals surface area (Å²) in [5, 5.41) is 11.0. The van der Waals surface area contributed by atoms with Crippen LogP contribution in [0.1, 0.15) is 11.1 Å². The first-order valence-corrected chi connectivity index (χ1v) is 10.7. The Morgan fingerprint density at radius 2 is 1.62 bits per heavy atom. The van der Waals surface area contributed by atoms with Crippen molar-refractivity contribution in [3.05, 3.63) is 81.9 Å². The number of nitro benzene ring substituents is 1. The average molecular weight is 415 g/mol. The van der Waals surface area contributed by atoms with Crippen LogP contribution in [0.5, 0.6) is 0 Å². The van der Waals surface area contributed by atoms with E-state index in [0.717, 1.165) is 5.56 Å². The maximum Gasteiger partial charge on any atom is 0.276 e. The highest BCUT2D eigenvalue weighted by molar-refractivity contribution is 7.88. The van der Waals surface area contributed by atoms with Gasteiger partial charge in [0.15, 0.2) is 0 Å². The highest BCUT2D eigenvalue weighted by atomic mass is 32.2. The number of rotatable bonds is 6. The van der Waals surface area contributed by atoms with E-state index in [1.165, 1.54) is 22.5 Å². The average Bonchev–Trinajstić information content (AvgIpc) is 2.72. The summed E-state index contributed by atoms with van der Waals surface area (Å²) in [7, 11) is -3.45. The number of nitrogens with zero attached hydrogens (tertiary/aromatic N) is 3. The summed E-state index contributed by atoms with van der Waals surface area (Å²) in [6.07, 6.45) is 2.70. The fourth-order valence-electron chi connectivity index (χ4n) is 3.12. The van der Waals surface area contributed by atoms with Gasteiger partial charge in [-0.25, -0.2) is 8.42 Å². The molecular weight excluding hydrogens is 394 g/mol. The summed E-state index contributed by atoms with van der Waals surface area (Å²) in [4.78, 5) is 24.5. The molecule has 0 atom stereocenters. The number of hydrogen-bond donors (Lipinski definition) is 0. The normalized spacial score (nSPS) is 15.5. The molecule has 0 aliphatic carbocycles. The fourth-order valence-corrected chi connectivity index (χ4v) is 4.64. The SMILES string of the molecule is O=C(C=Cc1ccccc1[N+](=O)[O-])N1CCN(S(=O)(=O)Cc2ccccc2)CC1. The molecule has 1 heterocycles. The summed E-state index contributed by atoms with van der Waals surface area (Å²) in [5.41, 5.74) is 0.988. The minimum atomic E-state index is -3.45. The Balaban J connectivity index is 1.59. The number of sulfonamides is 1. The van der Waals surface area contributed by atoms with E-state index in [4.69, 9.17) is 0 Å². The molecule has 1 saturated heterocycles. The molecule has 0 aromatic heterocycles. The Hall–Kier alpha value is -3.04. The minimum Gasteiger partial charge on any atom is -0.337 e.